The number of hydrogen-bond donors (Lipinski definition) is 1. The minimum absolute atomic E-state index is 0.851. The molecule has 74 valence electrons. The van der Waals surface area contributed by atoms with E-state index in [1.807, 2.05) is 13.0 Å². The second-order valence-corrected chi connectivity index (χ2v) is 4.48. The van der Waals surface area contributed by atoms with Crippen molar-refractivity contribution in [1.29, 1.82) is 0 Å². The number of benzene rings is 1. The molecular formula is C11H13BrN2. The van der Waals surface area contributed by atoms with E-state index in [1.165, 1.54) is 16.6 Å². The van der Waals surface area contributed by atoms with Gasteiger partial charge < -0.3 is 10.3 Å². The number of nitrogen functional groups attached to an aromatic ring is 1. The molecule has 0 amide bonds. The Kier molecular flexibility index (Phi) is 2.07. The Bertz CT molecular complexity index is 467. The molecule has 0 radical (unpaired) electrons. The largest absolute Gasteiger partial charge is 0.398 e. The molecule has 2 nitrogen and oxygen atoms in total. The smallest absolute Gasteiger partial charge is 0.0495 e. The number of hydrogen-bond acceptors (Lipinski definition) is 1. The highest BCUT2D eigenvalue weighted by molar-refractivity contribution is 9.10. The monoisotopic (exact) mass is 252 g/mol. The molecule has 0 bridgehead atoms. The van der Waals surface area contributed by atoms with Crippen molar-refractivity contribution in [3.8, 4) is 0 Å². The molecule has 0 saturated carbocycles. The van der Waals surface area contributed by atoms with Crippen LogP contribution in [0.15, 0.2) is 16.6 Å². The number of aryl methyl sites for hydroxylation is 2. The molecule has 0 aliphatic rings. The van der Waals surface area contributed by atoms with Crippen LogP contribution in [-0.4, -0.2) is 4.57 Å². The summed E-state index contributed by atoms with van der Waals surface area (Å²) in [7, 11) is 2.07. The van der Waals surface area contributed by atoms with Crippen LogP contribution in [-0.2, 0) is 7.05 Å². The van der Waals surface area contributed by atoms with Crippen molar-refractivity contribution in [3.63, 3.8) is 0 Å². The topological polar surface area (TPSA) is 30.9 Å². The maximum absolute atomic E-state index is 5.88. The summed E-state index contributed by atoms with van der Waals surface area (Å²) >= 11 is 3.58. The standard InChI is InChI=1S/C11H13BrN2/c1-6-4-10-8(5-9(6)13)11(12)7(2)14(10)3/h4-5H,13H2,1-3H3. The fourth-order valence-corrected chi connectivity index (χ4v) is 2.27. The van der Waals surface area contributed by atoms with Crippen molar-refractivity contribution in [3.05, 3.63) is 27.9 Å². The van der Waals surface area contributed by atoms with Crippen LogP contribution >= 0.6 is 15.9 Å². The van der Waals surface area contributed by atoms with Crippen LogP contribution in [0.25, 0.3) is 10.9 Å². The van der Waals surface area contributed by atoms with E-state index < -0.39 is 0 Å². The molecule has 2 N–H and O–H groups in total. The molecule has 2 aromatic rings. The molecule has 2 rings (SSSR count). The number of halogens is 1. The van der Waals surface area contributed by atoms with Gasteiger partial charge in [-0.2, -0.15) is 0 Å². The highest BCUT2D eigenvalue weighted by Gasteiger charge is 2.10. The molecule has 14 heavy (non-hydrogen) atoms. The lowest BCUT2D eigenvalue weighted by molar-refractivity contribution is 0.913. The first-order chi connectivity index (χ1) is 6.52. The molecule has 0 spiro atoms. The fraction of sp³-hybridized carbons (Fsp3) is 0.273. The Morgan fingerprint density at radius 2 is 1.93 bits per heavy atom. The van der Waals surface area contributed by atoms with E-state index in [9.17, 15) is 0 Å². The zero-order valence-electron chi connectivity index (χ0n) is 8.56. The molecular weight excluding hydrogens is 240 g/mol. The van der Waals surface area contributed by atoms with E-state index in [-0.39, 0.29) is 0 Å². The third-order valence-electron chi connectivity index (χ3n) is 2.80. The van der Waals surface area contributed by atoms with Crippen molar-refractivity contribution in [1.82, 2.24) is 4.57 Å². The Hall–Kier alpha value is -0.960. The van der Waals surface area contributed by atoms with Crippen LogP contribution in [0, 0.1) is 13.8 Å². The minimum Gasteiger partial charge on any atom is -0.398 e. The average molecular weight is 253 g/mol. The summed E-state index contributed by atoms with van der Waals surface area (Å²) in [5.74, 6) is 0. The van der Waals surface area contributed by atoms with Gasteiger partial charge in [-0.3, -0.25) is 0 Å². The highest BCUT2D eigenvalue weighted by atomic mass is 79.9. The van der Waals surface area contributed by atoms with Gasteiger partial charge in [-0.15, -0.1) is 0 Å². The first-order valence-corrected chi connectivity index (χ1v) is 5.32. The maximum Gasteiger partial charge on any atom is 0.0495 e. The van der Waals surface area contributed by atoms with E-state index >= 15 is 0 Å². The van der Waals surface area contributed by atoms with Gasteiger partial charge in [-0.05, 0) is 47.5 Å². The van der Waals surface area contributed by atoms with Crippen LogP contribution in [0.2, 0.25) is 0 Å². The van der Waals surface area contributed by atoms with Gasteiger partial charge in [0.2, 0.25) is 0 Å². The summed E-state index contributed by atoms with van der Waals surface area (Å²) < 4.78 is 3.31. The van der Waals surface area contributed by atoms with E-state index in [0.717, 1.165) is 15.7 Å². The first kappa shape index (κ1) is 9.59. The van der Waals surface area contributed by atoms with Gasteiger partial charge in [-0.25, -0.2) is 0 Å². The lowest BCUT2D eigenvalue weighted by atomic mass is 10.1. The molecule has 1 heterocycles. The molecule has 0 aliphatic heterocycles. The molecule has 0 saturated heterocycles. The van der Waals surface area contributed by atoms with Crippen LogP contribution in [0.5, 0.6) is 0 Å². The fourth-order valence-electron chi connectivity index (χ4n) is 1.69. The van der Waals surface area contributed by atoms with Crippen molar-refractivity contribution in [2.24, 2.45) is 7.05 Å². The van der Waals surface area contributed by atoms with Gasteiger partial charge in [0, 0.05) is 33.8 Å². The van der Waals surface area contributed by atoms with Gasteiger partial charge >= 0.3 is 0 Å². The number of rotatable bonds is 0. The van der Waals surface area contributed by atoms with Gasteiger partial charge in [0.05, 0.1) is 0 Å². The van der Waals surface area contributed by atoms with E-state index in [0.29, 0.717) is 0 Å². The highest BCUT2D eigenvalue weighted by Crippen LogP contribution is 2.32. The Morgan fingerprint density at radius 3 is 2.57 bits per heavy atom. The summed E-state index contributed by atoms with van der Waals surface area (Å²) in [6.07, 6.45) is 0. The zero-order valence-corrected chi connectivity index (χ0v) is 10.1. The van der Waals surface area contributed by atoms with E-state index in [2.05, 4.69) is 40.5 Å². The van der Waals surface area contributed by atoms with E-state index in [1.54, 1.807) is 0 Å². The van der Waals surface area contributed by atoms with Crippen molar-refractivity contribution in [2.45, 2.75) is 13.8 Å². The quantitative estimate of drug-likeness (QED) is 0.718. The van der Waals surface area contributed by atoms with Crippen molar-refractivity contribution in [2.75, 3.05) is 5.73 Å². The SMILES string of the molecule is Cc1cc2c(cc1N)c(Br)c(C)n2C. The van der Waals surface area contributed by atoms with Crippen molar-refractivity contribution < 1.29 is 0 Å². The first-order valence-electron chi connectivity index (χ1n) is 4.53. The predicted molar refractivity (Wildman–Crippen MR) is 64.5 cm³/mol. The number of fused-ring (bicyclic) bond motifs is 1. The molecule has 1 aromatic heterocycles. The third kappa shape index (κ3) is 1.16. The van der Waals surface area contributed by atoms with Crippen LogP contribution in [0.3, 0.4) is 0 Å². The Labute approximate surface area is 91.8 Å². The summed E-state index contributed by atoms with van der Waals surface area (Å²) in [6, 6.07) is 4.16. The predicted octanol–water partition coefficient (Wildman–Crippen LogP) is 3.14. The maximum atomic E-state index is 5.88. The summed E-state index contributed by atoms with van der Waals surface area (Å²) in [6.45, 7) is 4.13. The molecule has 0 aliphatic carbocycles. The lowest BCUT2D eigenvalue weighted by Crippen LogP contribution is -1.92. The Morgan fingerprint density at radius 1 is 1.29 bits per heavy atom. The number of nitrogens with two attached hydrogens (primary N) is 1. The van der Waals surface area contributed by atoms with Gasteiger partial charge in [0.25, 0.3) is 0 Å². The second-order valence-electron chi connectivity index (χ2n) is 3.68. The number of nitrogens with zero attached hydrogens (tertiary/aromatic N) is 1. The minimum atomic E-state index is 0.851. The van der Waals surface area contributed by atoms with Crippen LogP contribution < -0.4 is 5.73 Å². The number of aromatic nitrogens is 1. The average Bonchev–Trinajstić information content (AvgIpc) is 2.34. The summed E-state index contributed by atoms with van der Waals surface area (Å²) in [5.41, 5.74) is 10.3. The van der Waals surface area contributed by atoms with Crippen LogP contribution in [0.4, 0.5) is 5.69 Å². The van der Waals surface area contributed by atoms with Gasteiger partial charge in [0.15, 0.2) is 0 Å². The molecule has 3 heteroatoms. The van der Waals surface area contributed by atoms with Crippen molar-refractivity contribution >= 4 is 32.5 Å². The lowest BCUT2D eigenvalue weighted by Gasteiger charge is -2.02. The molecule has 0 unspecified atom stereocenters. The normalized spacial score (nSPS) is 11.1. The van der Waals surface area contributed by atoms with Crippen LogP contribution in [0.1, 0.15) is 11.3 Å². The number of anilines is 1. The second kappa shape index (κ2) is 3.02. The third-order valence-corrected chi connectivity index (χ3v) is 3.80. The van der Waals surface area contributed by atoms with Gasteiger partial charge in [0.1, 0.15) is 0 Å². The molecule has 0 atom stereocenters. The van der Waals surface area contributed by atoms with E-state index in [4.69, 9.17) is 5.73 Å². The summed E-state index contributed by atoms with van der Waals surface area (Å²) in [4.78, 5) is 0. The molecule has 1 aromatic carbocycles. The zero-order chi connectivity index (χ0) is 10.5. The molecule has 0 fully saturated rings. The Balaban J connectivity index is 2.96. The van der Waals surface area contributed by atoms with Gasteiger partial charge in [-0.1, -0.05) is 0 Å². The summed E-state index contributed by atoms with van der Waals surface area (Å²) in [5, 5.41) is 1.19.